The van der Waals surface area contributed by atoms with E-state index < -0.39 is 0 Å². The molecule has 0 amide bonds. The molecular formula is C9H3NO2. The van der Waals surface area contributed by atoms with Gasteiger partial charge in [-0.25, -0.2) is 0 Å². The summed E-state index contributed by atoms with van der Waals surface area (Å²) in [7, 11) is 0. The Morgan fingerprint density at radius 2 is 1.83 bits per heavy atom. The van der Waals surface area contributed by atoms with Crippen LogP contribution in [0.1, 0.15) is 0 Å². The smallest absolute Gasteiger partial charge is 0.176 e. The van der Waals surface area contributed by atoms with Crippen molar-refractivity contribution in [2.45, 2.75) is 0 Å². The Hall–Kier alpha value is -1.77. The monoisotopic (exact) mass is 157 g/mol. The second kappa shape index (κ2) is 1.27. The molecule has 0 fully saturated rings. The highest BCUT2D eigenvalue weighted by molar-refractivity contribution is 6.05. The third-order valence-corrected chi connectivity index (χ3v) is 2.52. The van der Waals surface area contributed by atoms with Crippen molar-refractivity contribution in [2.24, 2.45) is 0 Å². The van der Waals surface area contributed by atoms with E-state index in [0.717, 1.165) is 16.4 Å². The van der Waals surface area contributed by atoms with Gasteiger partial charge in [-0.05, 0) is 0 Å². The molecule has 0 unspecified atom stereocenters. The fraction of sp³-hybridized carbons (Fsp3) is 0. The number of rotatable bonds is 0. The normalized spacial score (nSPS) is 13.0. The first-order valence-corrected chi connectivity index (χ1v) is 3.73. The maximum absolute atomic E-state index is 5.09. The lowest BCUT2D eigenvalue weighted by molar-refractivity contribution is 0.455. The van der Waals surface area contributed by atoms with Gasteiger partial charge in [-0.3, -0.25) is 0 Å². The van der Waals surface area contributed by atoms with Gasteiger partial charge < -0.3 is 8.94 Å². The molecule has 0 spiro atoms. The first-order chi connectivity index (χ1) is 5.97. The van der Waals surface area contributed by atoms with E-state index in [-0.39, 0.29) is 0 Å². The highest BCUT2D eigenvalue weighted by Gasteiger charge is 2.21. The van der Waals surface area contributed by atoms with Gasteiger partial charge in [0.05, 0.1) is 24.1 Å². The Bertz CT molecular complexity index is 590. The predicted molar refractivity (Wildman–Crippen MR) is 41.5 cm³/mol. The molecule has 4 rings (SSSR count). The van der Waals surface area contributed by atoms with Crippen LogP contribution in [0.3, 0.4) is 0 Å². The van der Waals surface area contributed by atoms with Crippen LogP contribution in [0, 0.1) is 10.4 Å². The van der Waals surface area contributed by atoms with E-state index in [4.69, 9.17) is 8.94 Å². The van der Waals surface area contributed by atoms with Crippen molar-refractivity contribution >= 4 is 21.7 Å². The Kier molecular flexibility index (Phi) is 0.525. The van der Waals surface area contributed by atoms with Crippen LogP contribution < -0.4 is 0 Å². The van der Waals surface area contributed by atoms with Gasteiger partial charge in [0.15, 0.2) is 5.58 Å². The van der Waals surface area contributed by atoms with E-state index in [0.29, 0.717) is 0 Å². The van der Waals surface area contributed by atoms with Gasteiger partial charge in [0.2, 0.25) is 0 Å². The first kappa shape index (κ1) is 4.98. The molecule has 0 aromatic carbocycles. The Labute approximate surface area is 65.9 Å². The molecule has 0 N–H and O–H groups in total. The van der Waals surface area contributed by atoms with Crippen LogP contribution in [0.15, 0.2) is 27.7 Å². The van der Waals surface area contributed by atoms with Crippen LogP contribution in [0.5, 0.6) is 0 Å². The fourth-order valence-corrected chi connectivity index (χ4v) is 1.94. The average Bonchev–Trinajstić information content (AvgIpc) is 2.58. The molecule has 0 saturated heterocycles. The number of nitrogens with zero attached hydrogens (tertiary/aromatic N) is 1. The summed E-state index contributed by atoms with van der Waals surface area (Å²) in [5.74, 6) is 0. The lowest BCUT2D eigenvalue weighted by Gasteiger charge is -2.05. The maximum atomic E-state index is 5.09. The molecule has 2 heterocycles. The zero-order valence-corrected chi connectivity index (χ0v) is 6.00. The summed E-state index contributed by atoms with van der Waals surface area (Å²) in [6, 6.07) is 0. The summed E-state index contributed by atoms with van der Waals surface area (Å²) in [4.78, 5) is 0. The molecule has 12 heavy (non-hydrogen) atoms. The molecule has 3 heteroatoms. The zero-order chi connectivity index (χ0) is 7.71. The number of fused-ring (bicyclic) bond motifs is 6. The van der Waals surface area contributed by atoms with Crippen LogP contribution in [0.4, 0.5) is 0 Å². The molecule has 0 saturated carbocycles. The van der Waals surface area contributed by atoms with E-state index >= 15 is 0 Å². The topological polar surface area (TPSA) is 39.2 Å². The second-order valence-corrected chi connectivity index (χ2v) is 3.02. The standard InChI is InChI=1S/C9H3NO2/c1-4-7-5-2-11-3-6(5)8(7)9(4)12-10-1/h1-3H. The van der Waals surface area contributed by atoms with Crippen LogP contribution in [-0.2, 0) is 0 Å². The molecule has 0 atom stereocenters. The number of benzene rings is 1. The van der Waals surface area contributed by atoms with E-state index in [1.165, 1.54) is 15.8 Å². The van der Waals surface area contributed by atoms with Gasteiger partial charge in [-0.1, -0.05) is 5.16 Å². The van der Waals surface area contributed by atoms with Crippen molar-refractivity contribution in [3.05, 3.63) is 29.2 Å². The van der Waals surface area contributed by atoms with Gasteiger partial charge in [-0.2, -0.15) is 0 Å². The number of hydrogen-bond donors (Lipinski definition) is 0. The summed E-state index contributed by atoms with van der Waals surface area (Å²) in [5.41, 5.74) is 0.916. The SMILES string of the molecule is c1occ2c3c4oncc4c=3c12. The maximum Gasteiger partial charge on any atom is 0.176 e. The van der Waals surface area contributed by atoms with Crippen LogP contribution in [0.2, 0.25) is 0 Å². The molecule has 2 aliphatic rings. The molecule has 0 radical (unpaired) electrons. The lowest BCUT2D eigenvalue weighted by Crippen LogP contribution is -1.89. The van der Waals surface area contributed by atoms with E-state index in [1.807, 2.05) is 0 Å². The van der Waals surface area contributed by atoms with Gasteiger partial charge in [0, 0.05) is 21.2 Å². The third kappa shape index (κ3) is 0.294. The van der Waals surface area contributed by atoms with Crippen molar-refractivity contribution in [3.8, 4) is 0 Å². The number of hydrogen-bond acceptors (Lipinski definition) is 3. The molecular weight excluding hydrogens is 154 g/mol. The van der Waals surface area contributed by atoms with Crippen molar-refractivity contribution in [2.75, 3.05) is 0 Å². The predicted octanol–water partition coefficient (Wildman–Crippen LogP) is 2.17. The van der Waals surface area contributed by atoms with Crippen LogP contribution in [-0.4, -0.2) is 5.16 Å². The molecule has 2 aromatic rings. The molecule has 0 aliphatic heterocycles. The summed E-state index contributed by atoms with van der Waals surface area (Å²) in [6.07, 6.45) is 5.27. The van der Waals surface area contributed by atoms with Crippen molar-refractivity contribution in [1.29, 1.82) is 0 Å². The molecule has 0 bridgehead atoms. The zero-order valence-electron chi connectivity index (χ0n) is 6.00. The third-order valence-electron chi connectivity index (χ3n) is 2.52. The molecule has 3 nitrogen and oxygen atoms in total. The quantitative estimate of drug-likeness (QED) is 0.392. The van der Waals surface area contributed by atoms with Gasteiger partial charge in [0.25, 0.3) is 0 Å². The van der Waals surface area contributed by atoms with Crippen molar-refractivity contribution < 1.29 is 8.94 Å². The van der Waals surface area contributed by atoms with Crippen LogP contribution >= 0.6 is 0 Å². The largest absolute Gasteiger partial charge is 0.471 e. The minimum Gasteiger partial charge on any atom is -0.471 e. The Morgan fingerprint density at radius 1 is 1.00 bits per heavy atom. The van der Waals surface area contributed by atoms with Crippen molar-refractivity contribution in [1.82, 2.24) is 5.16 Å². The fourth-order valence-electron chi connectivity index (χ4n) is 1.94. The summed E-state index contributed by atoms with van der Waals surface area (Å²) in [6.45, 7) is 0. The minimum absolute atomic E-state index is 0.916. The van der Waals surface area contributed by atoms with E-state index in [2.05, 4.69) is 5.16 Å². The summed E-state index contributed by atoms with van der Waals surface area (Å²) >= 11 is 0. The Balaban J connectivity index is 2.55. The van der Waals surface area contributed by atoms with Crippen molar-refractivity contribution in [3.63, 3.8) is 0 Å². The molecule has 56 valence electrons. The molecule has 2 aliphatic carbocycles. The number of aromatic nitrogens is 1. The molecule has 2 aromatic heterocycles. The summed E-state index contributed by atoms with van der Waals surface area (Å²) < 4.78 is 10.1. The summed E-state index contributed by atoms with van der Waals surface area (Å²) in [5, 5.41) is 9.67. The Morgan fingerprint density at radius 3 is 2.75 bits per heavy atom. The van der Waals surface area contributed by atoms with E-state index in [9.17, 15) is 0 Å². The van der Waals surface area contributed by atoms with E-state index in [1.54, 1.807) is 18.7 Å². The minimum atomic E-state index is 0.916. The lowest BCUT2D eigenvalue weighted by atomic mass is 9.94. The highest BCUT2D eigenvalue weighted by atomic mass is 16.5. The van der Waals surface area contributed by atoms with Crippen LogP contribution in [0.25, 0.3) is 21.7 Å². The average molecular weight is 157 g/mol. The van der Waals surface area contributed by atoms with Gasteiger partial charge in [0.1, 0.15) is 0 Å². The highest BCUT2D eigenvalue weighted by Crippen LogP contribution is 2.37. The van der Waals surface area contributed by atoms with Gasteiger partial charge >= 0.3 is 0 Å². The first-order valence-electron chi connectivity index (χ1n) is 3.73. The van der Waals surface area contributed by atoms with Gasteiger partial charge in [-0.15, -0.1) is 0 Å². The number of furan rings is 1. The second-order valence-electron chi connectivity index (χ2n) is 3.02.